The Morgan fingerprint density at radius 1 is 1.07 bits per heavy atom. The molecule has 2 aromatic carbocycles. The van der Waals surface area contributed by atoms with Gasteiger partial charge in [-0.3, -0.25) is 9.59 Å². The van der Waals surface area contributed by atoms with Gasteiger partial charge in [0.2, 0.25) is 5.91 Å². The number of amides is 1. The zero-order valence-corrected chi connectivity index (χ0v) is 17.0. The van der Waals surface area contributed by atoms with E-state index in [2.05, 4.69) is 17.6 Å². The Hall–Kier alpha value is -2.73. The molecule has 0 saturated carbocycles. The minimum atomic E-state index is -1.17. The number of hydrogen-bond acceptors (Lipinski definition) is 4. The molecule has 6 nitrogen and oxygen atoms in total. The molecule has 28 heavy (non-hydrogen) atoms. The molecule has 0 aliphatic rings. The van der Waals surface area contributed by atoms with Gasteiger partial charge >= 0.3 is 5.97 Å². The number of rotatable bonds is 9. The van der Waals surface area contributed by atoms with Gasteiger partial charge < -0.3 is 20.5 Å². The number of nitrogens with one attached hydrogen (secondary N) is 2. The molecular formula is C21H25ClN2O4. The molecule has 0 radical (unpaired) electrons. The topological polar surface area (TPSA) is 87.7 Å². The quantitative estimate of drug-likeness (QED) is 0.524. The molecule has 0 aliphatic carbocycles. The van der Waals surface area contributed by atoms with Crippen LogP contribution in [0.25, 0.3) is 0 Å². The first kappa shape index (κ1) is 21.6. The zero-order valence-electron chi connectivity index (χ0n) is 16.3. The molecule has 0 saturated heterocycles. The number of carboxylic acids is 1. The SMILES string of the molecule is CCCNc1cc(Cl)cc(COc2c(C)cc(NC(=O)CC(=O)O)cc2C)c1. The van der Waals surface area contributed by atoms with Gasteiger partial charge in [-0.15, -0.1) is 0 Å². The van der Waals surface area contributed by atoms with E-state index >= 15 is 0 Å². The van der Waals surface area contributed by atoms with Crippen LogP contribution >= 0.6 is 11.6 Å². The van der Waals surface area contributed by atoms with Crippen molar-refractivity contribution in [2.24, 2.45) is 0 Å². The van der Waals surface area contributed by atoms with Crippen LogP contribution in [0.1, 0.15) is 36.5 Å². The Bertz CT molecular complexity index is 844. The average Bonchev–Trinajstić information content (AvgIpc) is 2.58. The molecule has 0 aliphatic heterocycles. The van der Waals surface area contributed by atoms with E-state index in [0.717, 1.165) is 41.1 Å². The molecule has 0 unspecified atom stereocenters. The second-order valence-corrected chi connectivity index (χ2v) is 7.06. The highest BCUT2D eigenvalue weighted by molar-refractivity contribution is 6.30. The van der Waals surface area contributed by atoms with Gasteiger partial charge in [0, 0.05) is 22.9 Å². The molecule has 0 bridgehead atoms. The van der Waals surface area contributed by atoms with E-state index in [1.165, 1.54) is 0 Å². The Morgan fingerprint density at radius 3 is 2.36 bits per heavy atom. The maximum atomic E-state index is 11.6. The van der Waals surface area contributed by atoms with Crippen LogP contribution in [0.2, 0.25) is 5.02 Å². The standard InChI is InChI=1S/C21H25ClN2O4/c1-4-5-23-17-9-15(8-16(22)10-17)12-28-21-13(2)6-18(7-14(21)3)24-19(25)11-20(26)27/h6-10,23H,4-5,11-12H2,1-3H3,(H,24,25)(H,26,27). The highest BCUT2D eigenvalue weighted by atomic mass is 35.5. The van der Waals surface area contributed by atoms with Gasteiger partial charge in [0.05, 0.1) is 0 Å². The predicted molar refractivity (Wildman–Crippen MR) is 111 cm³/mol. The maximum Gasteiger partial charge on any atom is 0.312 e. The second-order valence-electron chi connectivity index (χ2n) is 6.62. The lowest BCUT2D eigenvalue weighted by molar-refractivity contribution is -0.139. The van der Waals surface area contributed by atoms with Gasteiger partial charge in [-0.1, -0.05) is 18.5 Å². The number of carbonyl (C=O) groups excluding carboxylic acids is 1. The van der Waals surface area contributed by atoms with E-state index in [-0.39, 0.29) is 0 Å². The van der Waals surface area contributed by atoms with Crippen molar-refractivity contribution in [3.63, 3.8) is 0 Å². The summed E-state index contributed by atoms with van der Waals surface area (Å²) in [5.74, 6) is -1.01. The molecule has 3 N–H and O–H groups in total. The number of aryl methyl sites for hydroxylation is 2. The summed E-state index contributed by atoms with van der Waals surface area (Å²) < 4.78 is 6.00. The van der Waals surface area contributed by atoms with Gasteiger partial charge in [0.1, 0.15) is 18.8 Å². The number of halogens is 1. The van der Waals surface area contributed by atoms with E-state index in [1.54, 1.807) is 12.1 Å². The summed E-state index contributed by atoms with van der Waals surface area (Å²) in [5.41, 5.74) is 4.14. The van der Waals surface area contributed by atoms with Crippen molar-refractivity contribution in [1.29, 1.82) is 0 Å². The first-order valence-corrected chi connectivity index (χ1v) is 9.45. The van der Waals surface area contributed by atoms with E-state index < -0.39 is 18.3 Å². The smallest absolute Gasteiger partial charge is 0.312 e. The van der Waals surface area contributed by atoms with E-state index in [4.69, 9.17) is 21.4 Å². The lowest BCUT2D eigenvalue weighted by atomic mass is 10.1. The number of carbonyl (C=O) groups is 2. The van der Waals surface area contributed by atoms with E-state index in [1.807, 2.05) is 32.0 Å². The second kappa shape index (κ2) is 9.99. The lowest BCUT2D eigenvalue weighted by Crippen LogP contribution is -2.16. The number of hydrogen-bond donors (Lipinski definition) is 3. The maximum absolute atomic E-state index is 11.6. The summed E-state index contributed by atoms with van der Waals surface area (Å²) in [6.45, 7) is 7.07. The predicted octanol–water partition coefficient (Wildman–Crippen LogP) is 4.77. The summed E-state index contributed by atoms with van der Waals surface area (Å²) in [4.78, 5) is 22.3. The minimum Gasteiger partial charge on any atom is -0.488 e. The van der Waals surface area contributed by atoms with Gasteiger partial charge in [-0.25, -0.2) is 0 Å². The van der Waals surface area contributed by atoms with Gasteiger partial charge in [0.15, 0.2) is 0 Å². The molecule has 0 spiro atoms. The number of carboxylic acid groups (broad SMARTS) is 1. The van der Waals surface area contributed by atoms with Crippen molar-refractivity contribution in [2.75, 3.05) is 17.2 Å². The highest BCUT2D eigenvalue weighted by Gasteiger charge is 2.12. The zero-order chi connectivity index (χ0) is 20.7. The van der Waals surface area contributed by atoms with Crippen LogP contribution in [0.4, 0.5) is 11.4 Å². The lowest BCUT2D eigenvalue weighted by Gasteiger charge is -2.15. The molecule has 150 valence electrons. The van der Waals surface area contributed by atoms with E-state index in [0.29, 0.717) is 17.3 Å². The van der Waals surface area contributed by atoms with Crippen LogP contribution in [-0.4, -0.2) is 23.5 Å². The summed E-state index contributed by atoms with van der Waals surface area (Å²) in [7, 11) is 0. The first-order chi connectivity index (χ1) is 13.3. The largest absolute Gasteiger partial charge is 0.488 e. The minimum absolute atomic E-state index is 0.355. The van der Waals surface area contributed by atoms with Gasteiger partial charge in [0.25, 0.3) is 0 Å². The Morgan fingerprint density at radius 2 is 1.75 bits per heavy atom. The summed E-state index contributed by atoms with van der Waals surface area (Å²) in [6.07, 6.45) is 0.450. The van der Waals surface area contributed by atoms with Crippen molar-refractivity contribution >= 4 is 34.9 Å². The Balaban J connectivity index is 2.09. The van der Waals surface area contributed by atoms with Crippen molar-refractivity contribution in [1.82, 2.24) is 0 Å². The fraction of sp³-hybridized carbons (Fsp3) is 0.333. The van der Waals surface area contributed by atoms with Crippen molar-refractivity contribution in [3.05, 3.63) is 52.0 Å². The number of benzene rings is 2. The number of ether oxygens (including phenoxy) is 1. The Labute approximate surface area is 169 Å². The third-order valence-electron chi connectivity index (χ3n) is 3.98. The molecule has 2 aromatic rings. The Kier molecular flexibility index (Phi) is 7.70. The van der Waals surface area contributed by atoms with Crippen LogP contribution in [0.5, 0.6) is 5.75 Å². The number of aliphatic carboxylic acids is 1. The average molecular weight is 405 g/mol. The monoisotopic (exact) mass is 404 g/mol. The molecule has 0 atom stereocenters. The highest BCUT2D eigenvalue weighted by Crippen LogP contribution is 2.29. The molecule has 0 aromatic heterocycles. The molecule has 0 fully saturated rings. The molecule has 7 heteroatoms. The van der Waals surface area contributed by atoms with Gasteiger partial charge in [-0.2, -0.15) is 0 Å². The van der Waals surface area contributed by atoms with Crippen LogP contribution in [0, 0.1) is 13.8 Å². The number of anilines is 2. The van der Waals surface area contributed by atoms with Gasteiger partial charge in [-0.05, 0) is 67.3 Å². The fourth-order valence-corrected chi connectivity index (χ4v) is 3.11. The third kappa shape index (κ3) is 6.46. The summed E-state index contributed by atoms with van der Waals surface area (Å²) in [6, 6.07) is 9.27. The third-order valence-corrected chi connectivity index (χ3v) is 4.19. The van der Waals surface area contributed by atoms with E-state index in [9.17, 15) is 9.59 Å². The first-order valence-electron chi connectivity index (χ1n) is 9.07. The molecule has 0 heterocycles. The van der Waals surface area contributed by atoms with Crippen molar-refractivity contribution < 1.29 is 19.4 Å². The van der Waals surface area contributed by atoms with Crippen LogP contribution in [0.3, 0.4) is 0 Å². The van der Waals surface area contributed by atoms with Crippen LogP contribution < -0.4 is 15.4 Å². The van der Waals surface area contributed by atoms with Crippen molar-refractivity contribution in [2.45, 2.75) is 40.2 Å². The van der Waals surface area contributed by atoms with Crippen LogP contribution in [-0.2, 0) is 16.2 Å². The molecular weight excluding hydrogens is 380 g/mol. The normalized spacial score (nSPS) is 10.4. The summed E-state index contributed by atoms with van der Waals surface area (Å²) in [5, 5.41) is 15.2. The van der Waals surface area contributed by atoms with Crippen molar-refractivity contribution in [3.8, 4) is 5.75 Å². The molecule has 2 rings (SSSR count). The summed E-state index contributed by atoms with van der Waals surface area (Å²) >= 11 is 6.20. The molecule has 1 amide bonds. The van der Waals surface area contributed by atoms with Crippen LogP contribution in [0.15, 0.2) is 30.3 Å². The fourth-order valence-electron chi connectivity index (χ4n) is 2.85.